The summed E-state index contributed by atoms with van der Waals surface area (Å²) in [5.41, 5.74) is 0.196. The van der Waals surface area contributed by atoms with Crippen LogP contribution in [0.3, 0.4) is 0 Å². The van der Waals surface area contributed by atoms with Gasteiger partial charge in [-0.15, -0.1) is 0 Å². The molecule has 1 atom stereocenters. The van der Waals surface area contributed by atoms with Crippen molar-refractivity contribution in [2.45, 2.75) is 31.0 Å². The summed E-state index contributed by atoms with van der Waals surface area (Å²) in [6.07, 6.45) is -5.40. The Bertz CT molecular complexity index is 1230. The zero-order valence-electron chi connectivity index (χ0n) is 17.7. The molecule has 0 aliphatic rings. The van der Waals surface area contributed by atoms with Crippen molar-refractivity contribution in [2.75, 3.05) is 10.0 Å². The lowest BCUT2D eigenvalue weighted by molar-refractivity contribution is -0.137. The molecule has 3 aromatic carbocycles. The lowest BCUT2D eigenvalue weighted by Crippen LogP contribution is -2.30. The molecule has 6 nitrogen and oxygen atoms in total. The first-order valence-electron chi connectivity index (χ1n) is 9.78. The fourth-order valence-electron chi connectivity index (χ4n) is 2.81. The second-order valence-corrected chi connectivity index (χ2v) is 8.95. The number of alkyl halides is 3. The number of benzene rings is 3. The second kappa shape index (κ2) is 9.53. The van der Waals surface area contributed by atoms with Gasteiger partial charge in [0.15, 0.2) is 6.10 Å². The van der Waals surface area contributed by atoms with Gasteiger partial charge in [0, 0.05) is 11.4 Å². The zero-order chi connectivity index (χ0) is 24.2. The molecule has 0 aliphatic carbocycles. The fraction of sp³-hybridized carbons (Fsp3) is 0.174. The number of anilines is 2. The minimum absolute atomic E-state index is 0.179. The first-order chi connectivity index (χ1) is 15.4. The molecule has 0 heterocycles. The van der Waals surface area contributed by atoms with E-state index in [9.17, 15) is 26.4 Å². The lowest BCUT2D eigenvalue weighted by atomic mass is 10.2. The van der Waals surface area contributed by atoms with E-state index in [0.717, 1.165) is 17.7 Å². The van der Waals surface area contributed by atoms with E-state index >= 15 is 0 Å². The molecule has 0 fully saturated rings. The summed E-state index contributed by atoms with van der Waals surface area (Å²) in [5, 5.41) is 2.62. The molecular weight excluding hydrogens is 457 g/mol. The highest BCUT2D eigenvalue weighted by Crippen LogP contribution is 2.31. The highest BCUT2D eigenvalue weighted by atomic mass is 32.2. The molecule has 0 radical (unpaired) electrons. The molecule has 3 rings (SSSR count). The summed E-state index contributed by atoms with van der Waals surface area (Å²) < 4.78 is 71.3. The molecule has 0 spiro atoms. The van der Waals surface area contributed by atoms with Gasteiger partial charge in [-0.05, 0) is 68.4 Å². The first-order valence-corrected chi connectivity index (χ1v) is 11.3. The predicted molar refractivity (Wildman–Crippen MR) is 119 cm³/mol. The molecule has 1 amide bonds. The van der Waals surface area contributed by atoms with Gasteiger partial charge in [-0.3, -0.25) is 9.52 Å². The average molecular weight is 478 g/mol. The number of aryl methyl sites for hydroxylation is 1. The third-order valence-electron chi connectivity index (χ3n) is 4.58. The predicted octanol–water partition coefficient (Wildman–Crippen LogP) is 5.22. The maximum absolute atomic E-state index is 12.8. The van der Waals surface area contributed by atoms with E-state index in [-0.39, 0.29) is 10.6 Å². The molecule has 0 aromatic heterocycles. The summed E-state index contributed by atoms with van der Waals surface area (Å²) >= 11 is 0. The Hall–Kier alpha value is -3.53. The number of hydrogen-bond donors (Lipinski definition) is 2. The molecule has 0 unspecified atom stereocenters. The number of nitrogens with one attached hydrogen (secondary N) is 2. The maximum atomic E-state index is 12.8. The summed E-state index contributed by atoms with van der Waals surface area (Å²) in [6.45, 7) is 3.51. The molecule has 2 N–H and O–H groups in total. The van der Waals surface area contributed by atoms with Gasteiger partial charge in [-0.2, -0.15) is 13.2 Å². The molecule has 10 heteroatoms. The van der Waals surface area contributed by atoms with Crippen molar-refractivity contribution in [3.05, 3.63) is 83.9 Å². The van der Waals surface area contributed by atoms with Crippen LogP contribution in [0, 0.1) is 6.92 Å². The van der Waals surface area contributed by atoms with Gasteiger partial charge in [0.2, 0.25) is 0 Å². The number of halogens is 3. The topological polar surface area (TPSA) is 84.5 Å². The van der Waals surface area contributed by atoms with Crippen LogP contribution in [0.1, 0.15) is 18.1 Å². The molecule has 0 bridgehead atoms. The molecule has 174 valence electrons. The number of ether oxygens (including phenoxy) is 1. The highest BCUT2D eigenvalue weighted by Gasteiger charge is 2.30. The lowest BCUT2D eigenvalue weighted by Gasteiger charge is -2.15. The molecule has 0 saturated carbocycles. The standard InChI is InChI=1S/C23H21F3N2O4S/c1-15-6-10-20(11-7-15)32-16(2)22(29)27-18-8-12-21(13-9-18)33(30,31)28-19-5-3-4-17(14-19)23(24,25)26/h3-14,16,28H,1-2H3,(H,27,29)/t16-/m1/s1. The summed E-state index contributed by atoms with van der Waals surface area (Å²) in [7, 11) is -4.14. The van der Waals surface area contributed by atoms with Crippen LogP contribution >= 0.6 is 0 Å². The van der Waals surface area contributed by atoms with E-state index < -0.39 is 33.8 Å². The van der Waals surface area contributed by atoms with Crippen LogP contribution in [0.25, 0.3) is 0 Å². The van der Waals surface area contributed by atoms with E-state index in [1.54, 1.807) is 19.1 Å². The summed E-state index contributed by atoms with van der Waals surface area (Å²) in [4.78, 5) is 12.2. The molecule has 3 aromatic rings. The third kappa shape index (κ3) is 6.48. The van der Waals surface area contributed by atoms with Crippen LogP contribution in [0.2, 0.25) is 0 Å². The average Bonchev–Trinajstić information content (AvgIpc) is 2.75. The van der Waals surface area contributed by atoms with Gasteiger partial charge in [0.05, 0.1) is 10.5 Å². The van der Waals surface area contributed by atoms with Gasteiger partial charge in [-0.25, -0.2) is 8.42 Å². The number of hydrogen-bond acceptors (Lipinski definition) is 4. The largest absolute Gasteiger partial charge is 0.481 e. The molecule has 33 heavy (non-hydrogen) atoms. The van der Waals surface area contributed by atoms with Crippen molar-refractivity contribution in [1.29, 1.82) is 0 Å². The Morgan fingerprint density at radius 2 is 1.58 bits per heavy atom. The molecular formula is C23H21F3N2O4S. The quantitative estimate of drug-likeness (QED) is 0.488. The Balaban J connectivity index is 1.65. The summed E-state index contributed by atoms with van der Waals surface area (Å²) in [5.74, 6) is 0.0960. The second-order valence-electron chi connectivity index (χ2n) is 7.27. The number of carbonyl (C=O) groups excluding carboxylic acids is 1. The zero-order valence-corrected chi connectivity index (χ0v) is 18.5. The summed E-state index contributed by atoms with van der Waals surface area (Å²) in [6, 6.07) is 16.3. The van der Waals surface area contributed by atoms with Gasteiger partial charge in [-0.1, -0.05) is 23.8 Å². The highest BCUT2D eigenvalue weighted by molar-refractivity contribution is 7.92. The van der Waals surface area contributed by atoms with Crippen molar-refractivity contribution >= 4 is 27.3 Å². The Labute approximate surface area is 189 Å². The van der Waals surface area contributed by atoms with Crippen molar-refractivity contribution in [2.24, 2.45) is 0 Å². The van der Waals surface area contributed by atoms with E-state index in [2.05, 4.69) is 10.0 Å². The first kappa shape index (κ1) is 24.1. The number of carbonyl (C=O) groups is 1. The van der Waals surface area contributed by atoms with E-state index in [1.165, 1.54) is 30.3 Å². The number of amides is 1. The molecule has 0 aliphatic heterocycles. The maximum Gasteiger partial charge on any atom is 0.416 e. The Kier molecular flexibility index (Phi) is 6.97. The number of rotatable bonds is 7. The van der Waals surface area contributed by atoms with E-state index in [0.29, 0.717) is 17.5 Å². The van der Waals surface area contributed by atoms with Gasteiger partial charge in [0.1, 0.15) is 5.75 Å². The minimum atomic E-state index is -4.60. The monoisotopic (exact) mass is 478 g/mol. The van der Waals surface area contributed by atoms with Crippen molar-refractivity contribution in [3.8, 4) is 5.75 Å². The minimum Gasteiger partial charge on any atom is -0.481 e. The van der Waals surface area contributed by atoms with Crippen LogP contribution in [0.15, 0.2) is 77.7 Å². The normalized spacial score (nSPS) is 12.6. The van der Waals surface area contributed by atoms with Gasteiger partial charge >= 0.3 is 6.18 Å². The van der Waals surface area contributed by atoms with Crippen LogP contribution in [0.4, 0.5) is 24.5 Å². The van der Waals surface area contributed by atoms with Crippen molar-refractivity contribution in [1.82, 2.24) is 0 Å². The van der Waals surface area contributed by atoms with E-state index in [1.807, 2.05) is 19.1 Å². The Morgan fingerprint density at radius 3 is 2.18 bits per heavy atom. The fourth-order valence-corrected chi connectivity index (χ4v) is 3.86. The molecule has 0 saturated heterocycles. The van der Waals surface area contributed by atoms with Gasteiger partial charge < -0.3 is 10.1 Å². The number of sulfonamides is 1. The van der Waals surface area contributed by atoms with Crippen molar-refractivity contribution < 1.29 is 31.1 Å². The third-order valence-corrected chi connectivity index (χ3v) is 5.97. The van der Waals surface area contributed by atoms with Crippen LogP contribution in [-0.2, 0) is 21.0 Å². The van der Waals surface area contributed by atoms with E-state index in [4.69, 9.17) is 4.74 Å². The van der Waals surface area contributed by atoms with Crippen LogP contribution in [-0.4, -0.2) is 20.4 Å². The Morgan fingerprint density at radius 1 is 0.939 bits per heavy atom. The smallest absolute Gasteiger partial charge is 0.416 e. The van der Waals surface area contributed by atoms with Crippen molar-refractivity contribution in [3.63, 3.8) is 0 Å². The van der Waals surface area contributed by atoms with Crippen LogP contribution < -0.4 is 14.8 Å². The van der Waals surface area contributed by atoms with Gasteiger partial charge in [0.25, 0.3) is 15.9 Å². The van der Waals surface area contributed by atoms with Crippen LogP contribution in [0.5, 0.6) is 5.75 Å². The SMILES string of the molecule is Cc1ccc(O[C@H](C)C(=O)Nc2ccc(S(=O)(=O)Nc3cccc(C(F)(F)F)c3)cc2)cc1.